The van der Waals surface area contributed by atoms with Crippen LogP contribution in [-0.2, 0) is 4.74 Å². The van der Waals surface area contributed by atoms with E-state index in [0.29, 0.717) is 17.3 Å². The summed E-state index contributed by atoms with van der Waals surface area (Å²) in [6.45, 7) is 9.64. The first-order chi connectivity index (χ1) is 8.42. The molecule has 2 aliphatic rings. The van der Waals surface area contributed by atoms with Gasteiger partial charge in [-0.3, -0.25) is 0 Å². The molecule has 102 valence electrons. The Bertz CT molecular complexity index is 364. The van der Waals surface area contributed by atoms with Crippen molar-refractivity contribution in [3.8, 4) is 0 Å². The van der Waals surface area contributed by atoms with Crippen molar-refractivity contribution in [1.82, 2.24) is 0 Å². The van der Waals surface area contributed by atoms with Crippen LogP contribution in [0.15, 0.2) is 24.0 Å². The van der Waals surface area contributed by atoms with Gasteiger partial charge in [-0.25, -0.2) is 0 Å². The minimum Gasteiger partial charge on any atom is -0.505 e. The Morgan fingerprint density at radius 3 is 2.72 bits per heavy atom. The molecule has 0 unspecified atom stereocenters. The molecule has 0 radical (unpaired) electrons. The molecule has 1 fully saturated rings. The van der Waals surface area contributed by atoms with E-state index in [1.807, 2.05) is 6.26 Å². The highest BCUT2D eigenvalue weighted by Crippen LogP contribution is 2.56. The van der Waals surface area contributed by atoms with Crippen LogP contribution >= 0.6 is 0 Å². The van der Waals surface area contributed by atoms with Crippen molar-refractivity contribution in [2.24, 2.45) is 22.7 Å². The van der Waals surface area contributed by atoms with Gasteiger partial charge in [-0.1, -0.05) is 45.8 Å². The SMILES string of the molecule is CO/C=C/[C@@]1(C)[C@H](C)CC=C2[C@H]1CCCC2(C)C. The van der Waals surface area contributed by atoms with Gasteiger partial charge in [0.25, 0.3) is 0 Å². The zero-order valence-electron chi connectivity index (χ0n) is 12.6. The molecular weight excluding hydrogens is 220 g/mol. The molecule has 1 heteroatoms. The van der Waals surface area contributed by atoms with Crippen LogP contribution in [0.5, 0.6) is 0 Å². The average Bonchev–Trinajstić information content (AvgIpc) is 2.31. The minimum atomic E-state index is 0.262. The predicted octanol–water partition coefficient (Wildman–Crippen LogP) is 4.95. The van der Waals surface area contributed by atoms with E-state index in [9.17, 15) is 0 Å². The maximum absolute atomic E-state index is 5.19. The lowest BCUT2D eigenvalue weighted by Crippen LogP contribution is -2.42. The van der Waals surface area contributed by atoms with Crippen LogP contribution in [0.4, 0.5) is 0 Å². The Morgan fingerprint density at radius 1 is 1.33 bits per heavy atom. The first-order valence-corrected chi connectivity index (χ1v) is 7.33. The molecule has 0 bridgehead atoms. The van der Waals surface area contributed by atoms with E-state index in [1.54, 1.807) is 12.7 Å². The Kier molecular flexibility index (Phi) is 3.62. The fraction of sp³-hybridized carbons (Fsp3) is 0.765. The summed E-state index contributed by atoms with van der Waals surface area (Å²) in [5.74, 6) is 1.41. The van der Waals surface area contributed by atoms with Gasteiger partial charge >= 0.3 is 0 Å². The Balaban J connectivity index is 2.38. The first kappa shape index (κ1) is 13.7. The summed E-state index contributed by atoms with van der Waals surface area (Å²) in [6, 6.07) is 0. The molecule has 1 nitrogen and oxygen atoms in total. The lowest BCUT2D eigenvalue weighted by atomic mass is 9.53. The quantitative estimate of drug-likeness (QED) is 0.496. The Labute approximate surface area is 112 Å². The van der Waals surface area contributed by atoms with Crippen molar-refractivity contribution >= 4 is 0 Å². The van der Waals surface area contributed by atoms with Gasteiger partial charge in [-0.15, -0.1) is 0 Å². The van der Waals surface area contributed by atoms with Crippen LogP contribution < -0.4 is 0 Å². The maximum Gasteiger partial charge on any atom is 0.0790 e. The van der Waals surface area contributed by atoms with E-state index in [4.69, 9.17) is 4.74 Å². The van der Waals surface area contributed by atoms with Gasteiger partial charge in [-0.2, -0.15) is 0 Å². The summed E-state index contributed by atoms with van der Waals surface area (Å²) >= 11 is 0. The number of hydrogen-bond donors (Lipinski definition) is 0. The van der Waals surface area contributed by atoms with Crippen LogP contribution in [0.2, 0.25) is 0 Å². The zero-order chi connectivity index (χ0) is 13.4. The third-order valence-electron chi connectivity index (χ3n) is 5.52. The Morgan fingerprint density at radius 2 is 2.06 bits per heavy atom. The van der Waals surface area contributed by atoms with Gasteiger partial charge in [0.15, 0.2) is 0 Å². The number of rotatable bonds is 2. The topological polar surface area (TPSA) is 9.23 Å². The molecule has 0 N–H and O–H groups in total. The summed E-state index contributed by atoms with van der Waals surface area (Å²) in [7, 11) is 1.74. The normalized spacial score (nSPS) is 39.3. The van der Waals surface area contributed by atoms with E-state index in [1.165, 1.54) is 25.7 Å². The second-order valence-electron chi connectivity index (χ2n) is 7.03. The molecule has 0 amide bonds. The molecule has 0 aliphatic heterocycles. The molecule has 3 atom stereocenters. The molecule has 2 rings (SSSR count). The lowest BCUT2D eigenvalue weighted by Gasteiger charge is -2.51. The fourth-order valence-electron chi connectivity index (χ4n) is 3.98. The molecule has 2 aliphatic carbocycles. The van der Waals surface area contributed by atoms with Crippen LogP contribution in [0.3, 0.4) is 0 Å². The van der Waals surface area contributed by atoms with Gasteiger partial charge in [-0.05, 0) is 48.0 Å². The van der Waals surface area contributed by atoms with Gasteiger partial charge < -0.3 is 4.74 Å². The van der Waals surface area contributed by atoms with E-state index in [0.717, 1.165) is 0 Å². The highest BCUT2D eigenvalue weighted by molar-refractivity contribution is 5.27. The largest absolute Gasteiger partial charge is 0.505 e. The molecule has 0 aromatic rings. The van der Waals surface area contributed by atoms with Crippen LogP contribution in [-0.4, -0.2) is 7.11 Å². The van der Waals surface area contributed by atoms with Crippen molar-refractivity contribution in [3.63, 3.8) is 0 Å². The highest BCUT2D eigenvalue weighted by atomic mass is 16.5. The number of allylic oxidation sites excluding steroid dienone is 3. The van der Waals surface area contributed by atoms with E-state index in [2.05, 4.69) is 39.8 Å². The molecular formula is C17H28O. The standard InChI is InChI=1S/C17H28O/c1-13-8-9-14-15(7-6-10-16(14,2)3)17(13,4)11-12-18-5/h9,11-13,15H,6-8,10H2,1-5H3/b12-11+/t13-,15-,17+/m1/s1. The molecule has 0 aromatic heterocycles. The lowest BCUT2D eigenvalue weighted by molar-refractivity contribution is 0.110. The number of fused-ring (bicyclic) bond motifs is 1. The van der Waals surface area contributed by atoms with Crippen molar-refractivity contribution < 1.29 is 4.74 Å². The van der Waals surface area contributed by atoms with Crippen molar-refractivity contribution in [1.29, 1.82) is 0 Å². The average molecular weight is 248 g/mol. The predicted molar refractivity (Wildman–Crippen MR) is 77.2 cm³/mol. The molecule has 0 saturated heterocycles. The van der Waals surface area contributed by atoms with Gasteiger partial charge in [0, 0.05) is 0 Å². The molecule has 18 heavy (non-hydrogen) atoms. The number of hydrogen-bond acceptors (Lipinski definition) is 1. The zero-order valence-corrected chi connectivity index (χ0v) is 12.6. The number of ether oxygens (including phenoxy) is 1. The molecule has 0 aromatic carbocycles. The van der Waals surface area contributed by atoms with Crippen molar-refractivity contribution in [2.45, 2.75) is 53.4 Å². The summed E-state index contributed by atoms with van der Waals surface area (Å²) in [4.78, 5) is 0. The van der Waals surface area contributed by atoms with Gasteiger partial charge in [0.1, 0.15) is 0 Å². The summed E-state index contributed by atoms with van der Waals surface area (Å²) in [5, 5.41) is 0. The summed E-state index contributed by atoms with van der Waals surface area (Å²) in [6.07, 6.45) is 12.0. The van der Waals surface area contributed by atoms with Crippen LogP contribution in [0, 0.1) is 22.7 Å². The minimum absolute atomic E-state index is 0.262. The maximum atomic E-state index is 5.19. The van der Waals surface area contributed by atoms with E-state index < -0.39 is 0 Å². The monoisotopic (exact) mass is 248 g/mol. The summed E-state index contributed by atoms with van der Waals surface area (Å²) in [5.41, 5.74) is 2.36. The van der Waals surface area contributed by atoms with E-state index >= 15 is 0 Å². The highest BCUT2D eigenvalue weighted by Gasteiger charge is 2.46. The first-order valence-electron chi connectivity index (χ1n) is 7.33. The van der Waals surface area contributed by atoms with Gasteiger partial charge in [0.2, 0.25) is 0 Å². The second-order valence-corrected chi connectivity index (χ2v) is 7.03. The number of methoxy groups -OCH3 is 1. The third-order valence-corrected chi connectivity index (χ3v) is 5.52. The Hall–Kier alpha value is -0.720. The third kappa shape index (κ3) is 2.13. The molecule has 0 spiro atoms. The molecule has 1 saturated carbocycles. The van der Waals surface area contributed by atoms with E-state index in [-0.39, 0.29) is 5.41 Å². The smallest absolute Gasteiger partial charge is 0.0790 e. The fourth-order valence-corrected chi connectivity index (χ4v) is 3.98. The van der Waals surface area contributed by atoms with Crippen LogP contribution in [0.25, 0.3) is 0 Å². The van der Waals surface area contributed by atoms with Gasteiger partial charge in [0.05, 0.1) is 13.4 Å². The van der Waals surface area contributed by atoms with Crippen LogP contribution in [0.1, 0.15) is 53.4 Å². The van der Waals surface area contributed by atoms with Crippen molar-refractivity contribution in [3.05, 3.63) is 24.0 Å². The second kappa shape index (κ2) is 4.75. The summed E-state index contributed by atoms with van der Waals surface area (Å²) < 4.78 is 5.19. The van der Waals surface area contributed by atoms with Crippen molar-refractivity contribution in [2.75, 3.05) is 7.11 Å². The molecule has 0 heterocycles.